The molecule has 0 saturated carbocycles. The lowest BCUT2D eigenvalue weighted by molar-refractivity contribution is -0.120. The van der Waals surface area contributed by atoms with E-state index in [-0.39, 0.29) is 0 Å². The van der Waals surface area contributed by atoms with Crippen LogP contribution in [0.2, 0.25) is 0 Å². The van der Waals surface area contributed by atoms with Gasteiger partial charge in [-0.2, -0.15) is 0 Å². The number of anilines is 2. The van der Waals surface area contributed by atoms with Crippen LogP contribution in [-0.2, 0) is 4.79 Å². The van der Waals surface area contributed by atoms with Crippen LogP contribution in [-0.4, -0.2) is 58.4 Å². The van der Waals surface area contributed by atoms with Crippen molar-refractivity contribution in [2.75, 3.05) is 43.4 Å². The number of carbonyl (C=O) groups excluding carboxylic acids is 1. The van der Waals surface area contributed by atoms with E-state index < -0.39 is 0 Å². The highest BCUT2D eigenvalue weighted by Gasteiger charge is 2.24. The lowest BCUT2D eigenvalue weighted by Gasteiger charge is -2.33. The van der Waals surface area contributed by atoms with Crippen LogP contribution in [0.3, 0.4) is 0 Å². The fraction of sp³-hybridized carbons (Fsp3) is 0.600. The zero-order chi connectivity index (χ0) is 18.6. The van der Waals surface area contributed by atoms with Gasteiger partial charge in [-0.1, -0.05) is 0 Å². The van der Waals surface area contributed by atoms with Gasteiger partial charge in [0, 0.05) is 32.5 Å². The van der Waals surface area contributed by atoms with Crippen LogP contribution in [0.5, 0.6) is 0 Å². The average Bonchev–Trinajstić information content (AvgIpc) is 3.20. The van der Waals surface area contributed by atoms with Crippen LogP contribution in [0.15, 0.2) is 18.5 Å². The molecule has 0 aliphatic carbocycles. The molecule has 0 aromatic carbocycles. The molecule has 0 radical (unpaired) electrons. The number of rotatable bonds is 6. The monoisotopic (exact) mass is 368 g/mol. The normalized spacial score (nSPS) is 21.0. The third-order valence-electron chi connectivity index (χ3n) is 5.76. The number of fused-ring (bicyclic) bond motifs is 1. The molecule has 0 bridgehead atoms. The van der Waals surface area contributed by atoms with Crippen LogP contribution in [0.25, 0.3) is 11.0 Å². The third-order valence-corrected chi connectivity index (χ3v) is 5.76. The standard InChI is InChI=1S/C20H28N6O/c21-20-19-17(22-14-23-20)5-6-18(24-19)26-10-3-4-15(13-26)12-16(27)7-11-25-8-1-2-9-25/h5-6,14-15H,1-4,7-13H2,(H2,21,22,23)/t15-/m1/s1. The molecule has 7 nitrogen and oxygen atoms in total. The molecular weight excluding hydrogens is 340 g/mol. The number of likely N-dealkylation sites (tertiary alicyclic amines) is 1. The van der Waals surface area contributed by atoms with Crippen LogP contribution in [0, 0.1) is 5.92 Å². The molecule has 4 heterocycles. The molecule has 0 amide bonds. The van der Waals surface area contributed by atoms with Crippen molar-refractivity contribution in [3.8, 4) is 0 Å². The molecule has 144 valence electrons. The molecule has 2 fully saturated rings. The third kappa shape index (κ3) is 4.35. The summed E-state index contributed by atoms with van der Waals surface area (Å²) in [6.45, 7) is 5.09. The number of nitrogens with zero attached hydrogens (tertiary/aromatic N) is 5. The second kappa shape index (κ2) is 8.17. The number of nitrogens with two attached hydrogens (primary N) is 1. The molecule has 2 aliphatic rings. The first-order valence-electron chi connectivity index (χ1n) is 10.1. The lowest BCUT2D eigenvalue weighted by atomic mass is 9.92. The Bertz CT molecular complexity index is 804. The zero-order valence-electron chi connectivity index (χ0n) is 15.8. The zero-order valence-corrected chi connectivity index (χ0v) is 15.8. The number of piperidine rings is 1. The van der Waals surface area contributed by atoms with E-state index in [1.54, 1.807) is 0 Å². The summed E-state index contributed by atoms with van der Waals surface area (Å²) in [5.41, 5.74) is 7.36. The van der Waals surface area contributed by atoms with Gasteiger partial charge in [0.1, 0.15) is 23.4 Å². The predicted molar refractivity (Wildman–Crippen MR) is 107 cm³/mol. The number of carbonyl (C=O) groups is 1. The van der Waals surface area contributed by atoms with E-state index in [4.69, 9.17) is 5.73 Å². The molecule has 2 saturated heterocycles. The van der Waals surface area contributed by atoms with E-state index in [2.05, 4.69) is 24.8 Å². The first kappa shape index (κ1) is 18.1. The number of Topliss-reactive ketones (excluding diaryl/α,β-unsaturated/α-hetero) is 1. The largest absolute Gasteiger partial charge is 0.382 e. The van der Waals surface area contributed by atoms with Crippen molar-refractivity contribution >= 4 is 28.5 Å². The Morgan fingerprint density at radius 2 is 2.00 bits per heavy atom. The van der Waals surface area contributed by atoms with E-state index >= 15 is 0 Å². The van der Waals surface area contributed by atoms with E-state index in [0.717, 1.165) is 56.9 Å². The number of hydrogen-bond acceptors (Lipinski definition) is 7. The van der Waals surface area contributed by atoms with Crippen molar-refractivity contribution in [1.29, 1.82) is 0 Å². The number of pyridine rings is 1. The topological polar surface area (TPSA) is 88.2 Å². The molecule has 2 aromatic rings. The first-order valence-corrected chi connectivity index (χ1v) is 10.1. The second-order valence-electron chi connectivity index (χ2n) is 7.79. The van der Waals surface area contributed by atoms with Crippen molar-refractivity contribution in [2.24, 2.45) is 5.92 Å². The summed E-state index contributed by atoms with van der Waals surface area (Å²) in [6, 6.07) is 3.94. The molecule has 7 heteroatoms. The first-order chi connectivity index (χ1) is 13.2. The minimum absolute atomic E-state index is 0.401. The predicted octanol–water partition coefficient (Wildman–Crippen LogP) is 2.27. The van der Waals surface area contributed by atoms with Gasteiger partial charge in [-0.05, 0) is 56.8 Å². The highest BCUT2D eigenvalue weighted by molar-refractivity contribution is 5.85. The van der Waals surface area contributed by atoms with Crippen molar-refractivity contribution in [3.05, 3.63) is 18.5 Å². The van der Waals surface area contributed by atoms with Gasteiger partial charge in [-0.3, -0.25) is 4.79 Å². The van der Waals surface area contributed by atoms with Gasteiger partial charge in [-0.25, -0.2) is 15.0 Å². The van der Waals surface area contributed by atoms with Crippen LogP contribution in [0.4, 0.5) is 11.6 Å². The summed E-state index contributed by atoms with van der Waals surface area (Å²) < 4.78 is 0. The fourth-order valence-corrected chi connectivity index (χ4v) is 4.28. The van der Waals surface area contributed by atoms with E-state index in [0.29, 0.717) is 35.9 Å². The van der Waals surface area contributed by atoms with Crippen molar-refractivity contribution in [1.82, 2.24) is 19.9 Å². The van der Waals surface area contributed by atoms with Gasteiger partial charge < -0.3 is 15.5 Å². The van der Waals surface area contributed by atoms with E-state index in [1.807, 2.05) is 12.1 Å². The smallest absolute Gasteiger partial charge is 0.153 e. The molecule has 4 rings (SSSR count). The Morgan fingerprint density at radius 1 is 1.15 bits per heavy atom. The van der Waals surface area contributed by atoms with E-state index in [9.17, 15) is 4.79 Å². The van der Waals surface area contributed by atoms with Crippen LogP contribution in [0.1, 0.15) is 38.5 Å². The van der Waals surface area contributed by atoms with Gasteiger partial charge in [0.2, 0.25) is 0 Å². The quantitative estimate of drug-likeness (QED) is 0.836. The van der Waals surface area contributed by atoms with Crippen LogP contribution >= 0.6 is 0 Å². The van der Waals surface area contributed by atoms with Crippen molar-refractivity contribution < 1.29 is 4.79 Å². The maximum Gasteiger partial charge on any atom is 0.153 e. The average molecular weight is 368 g/mol. The minimum atomic E-state index is 0.401. The van der Waals surface area contributed by atoms with Crippen LogP contribution < -0.4 is 10.6 Å². The Hall–Kier alpha value is -2.28. The summed E-state index contributed by atoms with van der Waals surface area (Å²) in [5.74, 6) is 2.12. The summed E-state index contributed by atoms with van der Waals surface area (Å²) in [5, 5.41) is 0. The maximum absolute atomic E-state index is 12.4. The van der Waals surface area contributed by atoms with E-state index in [1.165, 1.54) is 19.2 Å². The highest BCUT2D eigenvalue weighted by Crippen LogP contribution is 2.26. The van der Waals surface area contributed by atoms with Gasteiger partial charge >= 0.3 is 0 Å². The summed E-state index contributed by atoms with van der Waals surface area (Å²) >= 11 is 0. The van der Waals surface area contributed by atoms with Gasteiger partial charge in [-0.15, -0.1) is 0 Å². The Morgan fingerprint density at radius 3 is 2.85 bits per heavy atom. The molecule has 0 unspecified atom stereocenters. The minimum Gasteiger partial charge on any atom is -0.382 e. The van der Waals surface area contributed by atoms with Gasteiger partial charge in [0.15, 0.2) is 5.82 Å². The Balaban J connectivity index is 1.36. The van der Waals surface area contributed by atoms with Gasteiger partial charge in [0.25, 0.3) is 0 Å². The number of hydrogen-bond donors (Lipinski definition) is 1. The molecular formula is C20H28N6O. The number of ketones is 1. The fourth-order valence-electron chi connectivity index (χ4n) is 4.28. The molecule has 2 N–H and O–H groups in total. The molecule has 1 atom stereocenters. The van der Waals surface area contributed by atoms with Gasteiger partial charge in [0.05, 0.1) is 5.52 Å². The molecule has 0 spiro atoms. The highest BCUT2D eigenvalue weighted by atomic mass is 16.1. The SMILES string of the molecule is Nc1ncnc2ccc(N3CCC[C@H](CC(=O)CCN4CCCC4)C3)nc12. The van der Waals surface area contributed by atoms with Crippen molar-refractivity contribution in [3.63, 3.8) is 0 Å². The molecule has 27 heavy (non-hydrogen) atoms. The maximum atomic E-state index is 12.4. The van der Waals surface area contributed by atoms with Crippen molar-refractivity contribution in [2.45, 2.75) is 38.5 Å². The Labute approximate surface area is 160 Å². The lowest BCUT2D eigenvalue weighted by Crippen LogP contribution is -2.37. The summed E-state index contributed by atoms with van der Waals surface area (Å²) in [6.07, 6.45) is 7.60. The number of nitrogen functional groups attached to an aromatic ring is 1. The number of aromatic nitrogens is 3. The molecule has 2 aromatic heterocycles. The summed E-state index contributed by atoms with van der Waals surface area (Å²) in [7, 11) is 0. The Kier molecular flexibility index (Phi) is 5.48. The summed E-state index contributed by atoms with van der Waals surface area (Å²) in [4.78, 5) is 30.1. The molecule has 2 aliphatic heterocycles. The second-order valence-corrected chi connectivity index (χ2v) is 7.79.